The Morgan fingerprint density at radius 2 is 2.09 bits per heavy atom. The molecular weight excluding hydrogens is 291 g/mol. The molecule has 1 aromatic carbocycles. The Hall–Kier alpha value is -1.39. The normalized spacial score (nSPS) is 28.6. The van der Waals surface area contributed by atoms with Crippen molar-refractivity contribution in [2.45, 2.75) is 57.7 Å². The van der Waals surface area contributed by atoms with Crippen molar-refractivity contribution in [3.8, 4) is 0 Å². The van der Waals surface area contributed by atoms with E-state index in [-0.39, 0.29) is 12.4 Å². The highest BCUT2D eigenvalue weighted by Gasteiger charge is 2.70. The van der Waals surface area contributed by atoms with Crippen LogP contribution in [0, 0.1) is 19.7 Å². The molecule has 1 spiro atoms. The lowest BCUT2D eigenvalue weighted by Gasteiger charge is -2.64. The Bertz CT molecular complexity index is 693. The lowest BCUT2D eigenvalue weighted by atomic mass is 9.74. The van der Waals surface area contributed by atoms with E-state index in [1.54, 1.807) is 13.0 Å². The molecule has 3 fully saturated rings. The Morgan fingerprint density at radius 3 is 2.65 bits per heavy atom. The van der Waals surface area contributed by atoms with Crippen molar-refractivity contribution in [2.24, 2.45) is 0 Å². The highest BCUT2D eigenvalue weighted by Crippen LogP contribution is 2.59. The van der Waals surface area contributed by atoms with Crippen LogP contribution in [0.2, 0.25) is 0 Å². The summed E-state index contributed by atoms with van der Waals surface area (Å²) in [7, 11) is 0. The summed E-state index contributed by atoms with van der Waals surface area (Å²) in [5, 5.41) is 13.4. The minimum Gasteiger partial charge on any atom is -0.392 e. The van der Waals surface area contributed by atoms with Crippen LogP contribution in [0.3, 0.4) is 0 Å². The molecule has 3 nitrogen and oxygen atoms in total. The quantitative estimate of drug-likeness (QED) is 0.896. The van der Waals surface area contributed by atoms with Gasteiger partial charge in [-0.3, -0.25) is 4.90 Å². The topological polar surface area (TPSA) is 35.5 Å². The molecule has 4 rings (SSSR count). The number of hydrogen-bond acceptors (Lipinski definition) is 3. The summed E-state index contributed by atoms with van der Waals surface area (Å²) in [6.45, 7) is 6.94. The van der Waals surface area contributed by atoms with Crippen molar-refractivity contribution < 1.29 is 9.50 Å². The maximum atomic E-state index is 14.1. The molecule has 0 amide bonds. The number of rotatable bonds is 4. The fourth-order valence-electron chi connectivity index (χ4n) is 4.48. The SMILES string of the molecule is C/C(CO)=C(\NC1C2CCN2C12CC2)c1cc(F)c(C)cc1C. The van der Waals surface area contributed by atoms with Gasteiger partial charge in [0, 0.05) is 29.4 Å². The minimum atomic E-state index is -0.185. The van der Waals surface area contributed by atoms with E-state index in [0.29, 0.717) is 23.2 Å². The lowest BCUT2D eigenvalue weighted by molar-refractivity contribution is -0.112. The molecule has 1 aromatic rings. The third-order valence-corrected chi connectivity index (χ3v) is 6.10. The molecule has 2 heterocycles. The summed E-state index contributed by atoms with van der Waals surface area (Å²) >= 11 is 0. The van der Waals surface area contributed by atoms with Crippen molar-refractivity contribution in [1.82, 2.24) is 10.2 Å². The van der Waals surface area contributed by atoms with Gasteiger partial charge < -0.3 is 10.4 Å². The first kappa shape index (κ1) is 15.2. The zero-order valence-corrected chi connectivity index (χ0v) is 14.1. The second-order valence-corrected chi connectivity index (χ2v) is 7.50. The fraction of sp³-hybridized carbons (Fsp3) is 0.579. The van der Waals surface area contributed by atoms with Crippen molar-refractivity contribution in [2.75, 3.05) is 13.2 Å². The number of aliphatic hydroxyl groups is 1. The van der Waals surface area contributed by atoms with Crippen molar-refractivity contribution in [1.29, 1.82) is 0 Å². The largest absolute Gasteiger partial charge is 0.392 e. The predicted octanol–water partition coefficient (Wildman–Crippen LogP) is 2.74. The Kier molecular flexibility index (Phi) is 3.33. The van der Waals surface area contributed by atoms with Gasteiger partial charge in [-0.05, 0) is 62.8 Å². The molecule has 124 valence electrons. The molecule has 0 bridgehead atoms. The van der Waals surface area contributed by atoms with E-state index in [1.807, 2.05) is 19.9 Å². The number of nitrogens with zero attached hydrogens (tertiary/aromatic N) is 1. The molecule has 2 aliphatic heterocycles. The van der Waals surface area contributed by atoms with Crippen LogP contribution in [0.25, 0.3) is 5.70 Å². The third-order valence-electron chi connectivity index (χ3n) is 6.10. The standard InChI is InChI=1S/C19H25FN2O/c1-11-8-12(2)15(20)9-14(11)17(13(3)10-23)21-18-16-4-7-22(16)19(18)5-6-19/h8-9,16,18,21,23H,4-7,10H2,1-3H3/b17-13+. The van der Waals surface area contributed by atoms with E-state index < -0.39 is 0 Å². The van der Waals surface area contributed by atoms with Gasteiger partial charge >= 0.3 is 0 Å². The molecular formula is C19H25FN2O. The number of nitrogens with one attached hydrogen (secondary N) is 1. The second kappa shape index (κ2) is 5.05. The molecule has 2 saturated heterocycles. The zero-order chi connectivity index (χ0) is 16.4. The van der Waals surface area contributed by atoms with Gasteiger partial charge in [0.1, 0.15) is 5.82 Å². The van der Waals surface area contributed by atoms with Crippen LogP contribution in [0.15, 0.2) is 17.7 Å². The van der Waals surface area contributed by atoms with Crippen LogP contribution < -0.4 is 5.32 Å². The molecule has 2 unspecified atom stereocenters. The average molecular weight is 316 g/mol. The Balaban J connectivity index is 1.68. The van der Waals surface area contributed by atoms with Crippen LogP contribution in [0.4, 0.5) is 4.39 Å². The van der Waals surface area contributed by atoms with Crippen LogP contribution in [0.1, 0.15) is 42.9 Å². The molecule has 4 heteroatoms. The number of piperidine rings is 1. The van der Waals surface area contributed by atoms with Gasteiger partial charge in [0.15, 0.2) is 0 Å². The monoisotopic (exact) mass is 316 g/mol. The Morgan fingerprint density at radius 1 is 1.35 bits per heavy atom. The summed E-state index contributed by atoms with van der Waals surface area (Å²) in [4.78, 5) is 2.61. The molecule has 23 heavy (non-hydrogen) atoms. The van der Waals surface area contributed by atoms with E-state index in [9.17, 15) is 9.50 Å². The highest BCUT2D eigenvalue weighted by molar-refractivity contribution is 5.70. The zero-order valence-electron chi connectivity index (χ0n) is 14.1. The van der Waals surface area contributed by atoms with Crippen molar-refractivity contribution in [3.63, 3.8) is 0 Å². The number of aryl methyl sites for hydroxylation is 2. The van der Waals surface area contributed by atoms with Gasteiger partial charge in [0.25, 0.3) is 0 Å². The van der Waals surface area contributed by atoms with Gasteiger partial charge in [-0.25, -0.2) is 4.39 Å². The second-order valence-electron chi connectivity index (χ2n) is 7.50. The molecule has 1 aliphatic carbocycles. The van der Waals surface area contributed by atoms with Gasteiger partial charge in [-0.2, -0.15) is 0 Å². The first-order valence-electron chi connectivity index (χ1n) is 8.59. The number of halogens is 1. The van der Waals surface area contributed by atoms with Crippen LogP contribution in [0.5, 0.6) is 0 Å². The lowest BCUT2D eigenvalue weighted by Crippen LogP contribution is -2.79. The first-order valence-corrected chi connectivity index (χ1v) is 8.59. The smallest absolute Gasteiger partial charge is 0.126 e. The van der Waals surface area contributed by atoms with Gasteiger partial charge in [-0.1, -0.05) is 6.07 Å². The number of benzene rings is 1. The van der Waals surface area contributed by atoms with Crippen LogP contribution in [-0.2, 0) is 0 Å². The molecule has 3 aliphatic rings. The van der Waals surface area contributed by atoms with E-state index >= 15 is 0 Å². The average Bonchev–Trinajstić information content (AvgIpc) is 3.27. The number of fused-ring (bicyclic) bond motifs is 2. The molecule has 2 atom stereocenters. The van der Waals surface area contributed by atoms with Crippen LogP contribution >= 0.6 is 0 Å². The van der Waals surface area contributed by atoms with Crippen LogP contribution in [-0.4, -0.2) is 40.8 Å². The summed E-state index contributed by atoms with van der Waals surface area (Å²) in [6, 6.07) is 4.56. The minimum absolute atomic E-state index is 0.00856. The number of hydrogen-bond donors (Lipinski definition) is 2. The van der Waals surface area contributed by atoms with Gasteiger partial charge in [0.2, 0.25) is 0 Å². The van der Waals surface area contributed by atoms with Gasteiger partial charge in [-0.15, -0.1) is 0 Å². The fourth-order valence-corrected chi connectivity index (χ4v) is 4.48. The van der Waals surface area contributed by atoms with E-state index in [1.165, 1.54) is 25.8 Å². The Labute approximate surface area is 137 Å². The maximum absolute atomic E-state index is 14.1. The van der Waals surface area contributed by atoms with Gasteiger partial charge in [0.05, 0.1) is 12.6 Å². The van der Waals surface area contributed by atoms with E-state index in [0.717, 1.165) is 22.4 Å². The maximum Gasteiger partial charge on any atom is 0.126 e. The van der Waals surface area contributed by atoms with Crippen molar-refractivity contribution in [3.05, 3.63) is 40.2 Å². The summed E-state index contributed by atoms with van der Waals surface area (Å²) in [6.07, 6.45) is 3.76. The van der Waals surface area contributed by atoms with E-state index in [2.05, 4.69) is 10.2 Å². The molecule has 1 saturated carbocycles. The first-order chi connectivity index (χ1) is 11.0. The molecule has 0 radical (unpaired) electrons. The summed E-state index contributed by atoms with van der Waals surface area (Å²) < 4.78 is 14.1. The summed E-state index contributed by atoms with van der Waals surface area (Å²) in [5.74, 6) is -0.185. The van der Waals surface area contributed by atoms with Crippen molar-refractivity contribution >= 4 is 5.70 Å². The molecule has 2 N–H and O–H groups in total. The predicted molar refractivity (Wildman–Crippen MR) is 89.6 cm³/mol. The van der Waals surface area contributed by atoms with E-state index in [4.69, 9.17) is 0 Å². The third kappa shape index (κ3) is 2.08. The summed E-state index contributed by atoms with van der Waals surface area (Å²) in [5.41, 5.74) is 4.75. The molecule has 0 aromatic heterocycles. The highest BCUT2D eigenvalue weighted by atomic mass is 19.1. The number of aliphatic hydroxyl groups excluding tert-OH is 1.